The highest BCUT2D eigenvalue weighted by Crippen LogP contribution is 2.75. The molecule has 5 aliphatic rings. The standard InChI is InChI=1S/C40H57N3O4Si/c1-37(2,3)46-36(45)41-20-12-21-42-22-19-40-31-24-30(47-48(7,8)38(4,5)6)16-15-28(31)23-33(42)39(40)18-17-32-34(40)29(25-39)26-43(32)35(44)27-13-10-9-11-14-27/h9-11,13-16,24,29,32-34H,12,17-23,25-26H2,1-8H3,(H,41,45)/t29-,32?,33?,34?,39?,40?/m1/s1. The topological polar surface area (TPSA) is 71.1 Å². The van der Waals surface area contributed by atoms with Gasteiger partial charge in [-0.15, -0.1) is 0 Å². The van der Waals surface area contributed by atoms with E-state index in [9.17, 15) is 9.59 Å². The molecule has 4 bridgehead atoms. The third-order valence-corrected chi connectivity index (χ3v) is 17.7. The second-order valence-electron chi connectivity index (χ2n) is 18.0. The van der Waals surface area contributed by atoms with Gasteiger partial charge in [-0.3, -0.25) is 9.69 Å². The van der Waals surface area contributed by atoms with Crippen molar-refractivity contribution < 1.29 is 18.8 Å². The Hall–Kier alpha value is -2.84. The fraction of sp³-hybridized carbons (Fsp3) is 0.650. The Morgan fingerprint density at radius 3 is 2.48 bits per heavy atom. The van der Waals surface area contributed by atoms with Crippen LogP contribution in [0.25, 0.3) is 0 Å². The summed E-state index contributed by atoms with van der Waals surface area (Å²) >= 11 is 0. The van der Waals surface area contributed by atoms with E-state index in [1.165, 1.54) is 17.5 Å². The summed E-state index contributed by atoms with van der Waals surface area (Å²) in [5.41, 5.74) is 3.57. The van der Waals surface area contributed by atoms with Crippen LogP contribution in [0.5, 0.6) is 5.75 Å². The minimum Gasteiger partial charge on any atom is -0.543 e. The predicted molar refractivity (Wildman–Crippen MR) is 193 cm³/mol. The van der Waals surface area contributed by atoms with Gasteiger partial charge in [-0.05, 0) is 137 Å². The Morgan fingerprint density at radius 2 is 1.77 bits per heavy atom. The van der Waals surface area contributed by atoms with E-state index in [2.05, 4.69) is 67.2 Å². The number of amides is 2. The van der Waals surface area contributed by atoms with Gasteiger partial charge in [0.05, 0.1) is 0 Å². The third-order valence-electron chi connectivity index (χ3n) is 13.3. The lowest BCUT2D eigenvalue weighted by Gasteiger charge is -2.66. The quantitative estimate of drug-likeness (QED) is 0.240. The van der Waals surface area contributed by atoms with Crippen LogP contribution in [0.4, 0.5) is 4.79 Å². The molecular formula is C40H57N3O4Si. The average Bonchev–Trinajstić information content (AvgIpc) is 3.45. The molecule has 2 heterocycles. The van der Waals surface area contributed by atoms with Crippen molar-refractivity contribution in [2.45, 2.75) is 121 Å². The lowest BCUT2D eigenvalue weighted by Crippen LogP contribution is -2.69. The first-order chi connectivity index (χ1) is 22.6. The largest absolute Gasteiger partial charge is 0.543 e. The Labute approximate surface area is 289 Å². The number of likely N-dealkylation sites (tertiary alicyclic amines) is 2. The maximum atomic E-state index is 14.0. The molecule has 7 nitrogen and oxygen atoms in total. The first-order valence-corrected chi connectivity index (χ1v) is 21.4. The smallest absolute Gasteiger partial charge is 0.407 e. The third kappa shape index (κ3) is 5.31. The summed E-state index contributed by atoms with van der Waals surface area (Å²) in [6, 6.07) is 17.8. The van der Waals surface area contributed by atoms with Crippen molar-refractivity contribution in [2.24, 2.45) is 17.3 Å². The van der Waals surface area contributed by atoms with Gasteiger partial charge in [-0.2, -0.15) is 0 Å². The number of alkyl carbamates (subject to hydrolysis) is 1. The molecule has 8 heteroatoms. The molecule has 2 saturated heterocycles. The molecule has 7 rings (SSSR count). The van der Waals surface area contributed by atoms with Crippen molar-refractivity contribution in [1.29, 1.82) is 0 Å². The molecular weight excluding hydrogens is 615 g/mol. The molecule has 48 heavy (non-hydrogen) atoms. The molecule has 4 fully saturated rings. The summed E-state index contributed by atoms with van der Waals surface area (Å²) in [4.78, 5) is 31.4. The van der Waals surface area contributed by atoms with E-state index in [-0.39, 0.29) is 33.9 Å². The molecule has 0 spiro atoms. The van der Waals surface area contributed by atoms with Crippen molar-refractivity contribution in [3.05, 3.63) is 65.2 Å². The molecule has 0 radical (unpaired) electrons. The Kier molecular flexibility index (Phi) is 8.14. The van der Waals surface area contributed by atoms with Crippen molar-refractivity contribution >= 4 is 20.3 Å². The van der Waals surface area contributed by atoms with E-state index in [4.69, 9.17) is 9.16 Å². The minimum atomic E-state index is -2.02. The predicted octanol–water partition coefficient (Wildman–Crippen LogP) is 7.79. The van der Waals surface area contributed by atoms with Crippen molar-refractivity contribution in [3.63, 3.8) is 0 Å². The number of piperidine rings is 1. The minimum absolute atomic E-state index is 0.0443. The van der Waals surface area contributed by atoms with E-state index in [0.29, 0.717) is 24.4 Å². The average molecular weight is 672 g/mol. The van der Waals surface area contributed by atoms with Gasteiger partial charge in [-0.1, -0.05) is 45.0 Å². The number of fused-ring (bicyclic) bond motifs is 1. The normalized spacial score (nSPS) is 30.8. The summed E-state index contributed by atoms with van der Waals surface area (Å²) in [6.45, 7) is 20.8. The number of carbonyl (C=O) groups is 2. The second-order valence-corrected chi connectivity index (χ2v) is 22.7. The zero-order chi connectivity index (χ0) is 34.3. The summed E-state index contributed by atoms with van der Waals surface area (Å²) in [7, 11) is -2.02. The highest BCUT2D eigenvalue weighted by molar-refractivity contribution is 6.74. The van der Waals surface area contributed by atoms with Gasteiger partial charge in [0.15, 0.2) is 0 Å². The van der Waals surface area contributed by atoms with Gasteiger partial charge in [-0.25, -0.2) is 4.79 Å². The van der Waals surface area contributed by atoms with Crippen LogP contribution < -0.4 is 9.74 Å². The summed E-state index contributed by atoms with van der Waals surface area (Å²) in [6.07, 6.45) is 6.18. The first kappa shape index (κ1) is 33.6. The van der Waals surface area contributed by atoms with Gasteiger partial charge in [0.1, 0.15) is 11.4 Å². The number of hydrogen-bond acceptors (Lipinski definition) is 5. The van der Waals surface area contributed by atoms with Crippen molar-refractivity contribution in [3.8, 4) is 5.75 Å². The van der Waals surface area contributed by atoms with Crippen molar-refractivity contribution in [2.75, 3.05) is 26.2 Å². The summed E-state index contributed by atoms with van der Waals surface area (Å²) in [5.74, 6) is 2.22. The lowest BCUT2D eigenvalue weighted by atomic mass is 9.43. The SMILES string of the molecule is CC(C)(C)OC(=O)NCCCN1CCC23c4cc(O[Si](C)(C)C(C)(C)C)ccc4CC1C21CCC2C3[C@@H](CN2C(=O)c2ccccc2)C1. The van der Waals surface area contributed by atoms with Gasteiger partial charge in [0, 0.05) is 42.7 Å². The fourth-order valence-corrected chi connectivity index (χ4v) is 11.7. The Morgan fingerprint density at radius 1 is 1.02 bits per heavy atom. The Balaban J connectivity index is 1.21. The zero-order valence-corrected chi connectivity index (χ0v) is 31.5. The van der Waals surface area contributed by atoms with Crippen LogP contribution in [0.15, 0.2) is 48.5 Å². The monoisotopic (exact) mass is 671 g/mol. The highest BCUT2D eigenvalue weighted by atomic mass is 28.4. The van der Waals surface area contributed by atoms with Crippen LogP contribution in [0, 0.1) is 17.3 Å². The molecule has 5 unspecified atom stereocenters. The van der Waals surface area contributed by atoms with Crippen LogP contribution in [0.2, 0.25) is 18.1 Å². The molecule has 6 atom stereocenters. The van der Waals surface area contributed by atoms with Crippen molar-refractivity contribution in [1.82, 2.24) is 15.1 Å². The number of hydrogen-bond donors (Lipinski definition) is 1. The number of rotatable bonds is 7. The first-order valence-electron chi connectivity index (χ1n) is 18.5. The second kappa shape index (κ2) is 11.6. The van der Waals surface area contributed by atoms with E-state index < -0.39 is 13.9 Å². The van der Waals surface area contributed by atoms with Gasteiger partial charge in [0.25, 0.3) is 5.91 Å². The molecule has 260 valence electrons. The van der Waals surface area contributed by atoms with Gasteiger partial charge >= 0.3 is 6.09 Å². The molecule has 2 saturated carbocycles. The highest BCUT2D eigenvalue weighted by Gasteiger charge is 2.76. The Bertz CT molecular complexity index is 1560. The molecule has 2 amide bonds. The maximum absolute atomic E-state index is 14.0. The molecule has 2 aromatic rings. The number of nitrogens with zero attached hydrogens (tertiary/aromatic N) is 2. The summed E-state index contributed by atoms with van der Waals surface area (Å²) < 4.78 is 12.5. The van der Waals surface area contributed by atoms with Crippen LogP contribution in [0.3, 0.4) is 0 Å². The number of nitrogens with one attached hydrogen (secondary N) is 1. The van der Waals surface area contributed by atoms with Crippen LogP contribution in [-0.2, 0) is 16.6 Å². The van der Waals surface area contributed by atoms with E-state index in [0.717, 1.165) is 63.1 Å². The van der Waals surface area contributed by atoms with E-state index in [1.54, 1.807) is 0 Å². The zero-order valence-electron chi connectivity index (χ0n) is 30.5. The lowest BCUT2D eigenvalue weighted by molar-refractivity contribution is -0.101. The van der Waals surface area contributed by atoms with E-state index >= 15 is 0 Å². The molecule has 0 aromatic heterocycles. The fourth-order valence-electron chi connectivity index (χ4n) is 10.6. The van der Waals surface area contributed by atoms with Gasteiger partial charge in [0.2, 0.25) is 8.32 Å². The van der Waals surface area contributed by atoms with Crippen LogP contribution >= 0.6 is 0 Å². The maximum Gasteiger partial charge on any atom is 0.407 e. The number of carbonyl (C=O) groups excluding carboxylic acids is 2. The number of ether oxygens (including phenoxy) is 1. The molecule has 2 aromatic carbocycles. The molecule has 3 aliphatic carbocycles. The molecule has 2 aliphatic heterocycles. The van der Waals surface area contributed by atoms with Crippen LogP contribution in [-0.4, -0.2) is 74.0 Å². The van der Waals surface area contributed by atoms with Gasteiger partial charge < -0.3 is 19.4 Å². The summed E-state index contributed by atoms with van der Waals surface area (Å²) in [5, 5.41) is 3.11. The van der Waals surface area contributed by atoms with Crippen LogP contribution in [0.1, 0.15) is 95.1 Å². The number of benzene rings is 2. The van der Waals surface area contributed by atoms with E-state index in [1.807, 2.05) is 51.1 Å². The molecule has 1 N–H and O–H groups in total.